The summed E-state index contributed by atoms with van der Waals surface area (Å²) in [5.74, 6) is 0. The van der Waals surface area contributed by atoms with Crippen molar-refractivity contribution in [2.24, 2.45) is 0 Å². The molecule has 0 aromatic heterocycles. The molecule has 0 spiro atoms. The lowest BCUT2D eigenvalue weighted by Gasteiger charge is -2.34. The maximum absolute atomic E-state index is 2.50. The fourth-order valence-electron chi connectivity index (χ4n) is 3.25. The third kappa shape index (κ3) is 1.81. The quantitative estimate of drug-likeness (QED) is 0.620. The summed E-state index contributed by atoms with van der Waals surface area (Å²) in [4.78, 5) is 0. The Morgan fingerprint density at radius 3 is 2.15 bits per heavy atom. The lowest BCUT2D eigenvalue weighted by atomic mass is 9.96. The summed E-state index contributed by atoms with van der Waals surface area (Å²) in [6.07, 6.45) is 2.42. The summed E-state index contributed by atoms with van der Waals surface area (Å²) in [6.45, 7) is 9.84. The van der Waals surface area contributed by atoms with E-state index >= 15 is 0 Å². The molecule has 2 aromatic rings. The van der Waals surface area contributed by atoms with Crippen molar-refractivity contribution < 1.29 is 0 Å². The van der Waals surface area contributed by atoms with Crippen LogP contribution < -0.4 is 0 Å². The summed E-state index contributed by atoms with van der Waals surface area (Å²) < 4.78 is 0. The molecule has 1 heteroatoms. The molecule has 1 aliphatic heterocycles. The Kier molecular flexibility index (Phi) is 2.98. The molecule has 0 nitrogen and oxygen atoms in total. The smallest absolute Gasteiger partial charge is 0.0648 e. The van der Waals surface area contributed by atoms with Crippen LogP contribution in [0.3, 0.4) is 0 Å². The van der Waals surface area contributed by atoms with Gasteiger partial charge in [0.25, 0.3) is 0 Å². The Morgan fingerprint density at radius 2 is 1.45 bits per heavy atom. The van der Waals surface area contributed by atoms with Gasteiger partial charge in [0.1, 0.15) is 0 Å². The van der Waals surface area contributed by atoms with Crippen LogP contribution in [0.15, 0.2) is 54.6 Å². The molecule has 0 unspecified atom stereocenters. The lowest BCUT2D eigenvalue weighted by molar-refractivity contribution is 0.738. The van der Waals surface area contributed by atoms with Crippen LogP contribution >= 0.6 is 0 Å². The van der Waals surface area contributed by atoms with E-state index in [4.69, 9.17) is 0 Å². The van der Waals surface area contributed by atoms with Crippen LogP contribution in [-0.4, -0.2) is 8.07 Å². The first kappa shape index (κ1) is 13.4. The Morgan fingerprint density at radius 1 is 0.850 bits per heavy atom. The molecule has 1 aliphatic rings. The monoisotopic (exact) mass is 278 g/mol. The first-order valence-electron chi connectivity index (χ1n) is 7.32. The van der Waals surface area contributed by atoms with Gasteiger partial charge in [0.2, 0.25) is 0 Å². The van der Waals surface area contributed by atoms with Gasteiger partial charge in [0.05, 0.1) is 8.07 Å². The van der Waals surface area contributed by atoms with E-state index in [2.05, 4.69) is 87.6 Å². The zero-order chi connectivity index (χ0) is 14.4. The van der Waals surface area contributed by atoms with E-state index in [0.29, 0.717) is 5.04 Å². The average Bonchev–Trinajstić information content (AvgIpc) is 2.59. The van der Waals surface area contributed by atoms with Crippen molar-refractivity contribution >= 4 is 19.3 Å². The molecule has 0 radical (unpaired) electrons. The molecule has 0 amide bonds. The van der Waals surface area contributed by atoms with E-state index in [0.717, 1.165) is 0 Å². The van der Waals surface area contributed by atoms with E-state index in [1.54, 1.807) is 5.20 Å². The molecule has 0 atom stereocenters. The number of hydrogen-bond donors (Lipinski definition) is 0. The summed E-state index contributed by atoms with van der Waals surface area (Å²) in [7, 11) is -1.52. The van der Waals surface area contributed by atoms with Crippen LogP contribution in [-0.2, 0) is 5.04 Å². The largest absolute Gasteiger partial charge is 0.0913 e. The van der Waals surface area contributed by atoms with Crippen LogP contribution in [0, 0.1) is 0 Å². The predicted octanol–water partition coefficient (Wildman–Crippen LogP) is 5.31. The van der Waals surface area contributed by atoms with E-state index in [1.807, 2.05) is 0 Å². The van der Waals surface area contributed by atoms with Crippen molar-refractivity contribution in [2.75, 3.05) is 0 Å². The standard InChI is InChI=1S/C19H22Si/c1-19(2)17-13-9-8-12-16(17)18(20(19,3)4)14-15-10-6-5-7-11-15/h5-14H,1-4H3/b18-14-. The van der Waals surface area contributed by atoms with Gasteiger partial charge in [-0.2, -0.15) is 0 Å². The van der Waals surface area contributed by atoms with Gasteiger partial charge >= 0.3 is 0 Å². The van der Waals surface area contributed by atoms with Gasteiger partial charge in [-0.1, -0.05) is 92.8 Å². The topological polar surface area (TPSA) is 0 Å². The van der Waals surface area contributed by atoms with Crippen LogP contribution in [0.1, 0.15) is 30.5 Å². The zero-order valence-electron chi connectivity index (χ0n) is 12.8. The molecule has 0 aliphatic carbocycles. The molecule has 0 bridgehead atoms. The maximum atomic E-state index is 2.50. The van der Waals surface area contributed by atoms with E-state index in [9.17, 15) is 0 Å². The predicted molar refractivity (Wildman–Crippen MR) is 91.3 cm³/mol. The van der Waals surface area contributed by atoms with Gasteiger partial charge in [0, 0.05) is 0 Å². The second kappa shape index (κ2) is 4.46. The molecule has 0 saturated heterocycles. The molecule has 0 N–H and O–H groups in total. The maximum Gasteiger partial charge on any atom is 0.0913 e. The molecule has 2 aromatic carbocycles. The lowest BCUT2D eigenvalue weighted by Crippen LogP contribution is -2.43. The highest BCUT2D eigenvalue weighted by Gasteiger charge is 2.50. The molecule has 20 heavy (non-hydrogen) atoms. The van der Waals surface area contributed by atoms with Crippen LogP contribution in [0.25, 0.3) is 11.3 Å². The Labute approximate surface area is 123 Å². The van der Waals surface area contributed by atoms with Crippen molar-refractivity contribution in [1.82, 2.24) is 0 Å². The average molecular weight is 278 g/mol. The van der Waals surface area contributed by atoms with Gasteiger partial charge in [-0.05, 0) is 21.7 Å². The van der Waals surface area contributed by atoms with Gasteiger partial charge in [-0.25, -0.2) is 0 Å². The highest BCUT2D eigenvalue weighted by atomic mass is 28.3. The summed E-state index contributed by atoms with van der Waals surface area (Å²) in [6, 6.07) is 19.7. The summed E-state index contributed by atoms with van der Waals surface area (Å²) in [5.41, 5.74) is 4.31. The first-order chi connectivity index (χ1) is 9.44. The van der Waals surface area contributed by atoms with Gasteiger partial charge in [0.15, 0.2) is 0 Å². The second-order valence-electron chi connectivity index (χ2n) is 6.76. The Bertz CT molecular complexity index is 663. The molecule has 102 valence electrons. The minimum atomic E-state index is -1.52. The van der Waals surface area contributed by atoms with Gasteiger partial charge < -0.3 is 0 Å². The van der Waals surface area contributed by atoms with E-state index in [-0.39, 0.29) is 0 Å². The number of benzene rings is 2. The normalized spacial score (nSPS) is 20.9. The van der Waals surface area contributed by atoms with Crippen molar-refractivity contribution in [3.05, 3.63) is 71.3 Å². The molecule has 0 fully saturated rings. The first-order valence-corrected chi connectivity index (χ1v) is 10.3. The zero-order valence-corrected chi connectivity index (χ0v) is 13.8. The van der Waals surface area contributed by atoms with Crippen molar-refractivity contribution in [1.29, 1.82) is 0 Å². The molecule has 0 saturated carbocycles. The third-order valence-corrected chi connectivity index (χ3v) is 10.4. The van der Waals surface area contributed by atoms with E-state index in [1.165, 1.54) is 16.7 Å². The second-order valence-corrected chi connectivity index (χ2v) is 11.8. The minimum Gasteiger partial charge on any atom is -0.0648 e. The number of hydrogen-bond acceptors (Lipinski definition) is 0. The fraction of sp³-hybridized carbons (Fsp3) is 0.263. The van der Waals surface area contributed by atoms with Crippen molar-refractivity contribution in [3.63, 3.8) is 0 Å². The van der Waals surface area contributed by atoms with Gasteiger partial charge in [-0.3, -0.25) is 0 Å². The van der Waals surface area contributed by atoms with Crippen LogP contribution in [0.4, 0.5) is 0 Å². The molecule has 1 heterocycles. The third-order valence-electron chi connectivity index (χ3n) is 5.24. The fourth-order valence-corrected chi connectivity index (χ4v) is 6.23. The van der Waals surface area contributed by atoms with Crippen LogP contribution in [0.2, 0.25) is 13.1 Å². The highest BCUT2D eigenvalue weighted by Crippen LogP contribution is 2.51. The molecule has 3 rings (SSSR count). The SMILES string of the molecule is CC1(C)c2ccccc2/C(=C/c2ccccc2)[Si]1(C)C. The number of fused-ring (bicyclic) bond motifs is 1. The van der Waals surface area contributed by atoms with Crippen molar-refractivity contribution in [3.8, 4) is 0 Å². The van der Waals surface area contributed by atoms with Crippen LogP contribution in [0.5, 0.6) is 0 Å². The summed E-state index contributed by atoms with van der Waals surface area (Å²) >= 11 is 0. The molecular weight excluding hydrogens is 256 g/mol. The Hall–Kier alpha value is -1.60. The summed E-state index contributed by atoms with van der Waals surface area (Å²) in [5, 5.41) is 1.88. The molecular formula is C19H22Si. The Balaban J connectivity index is 2.23. The van der Waals surface area contributed by atoms with Crippen molar-refractivity contribution in [2.45, 2.75) is 32.0 Å². The minimum absolute atomic E-state index is 0.296. The van der Waals surface area contributed by atoms with E-state index < -0.39 is 8.07 Å². The number of rotatable bonds is 1. The highest BCUT2D eigenvalue weighted by molar-refractivity contribution is 6.99. The van der Waals surface area contributed by atoms with Gasteiger partial charge in [-0.15, -0.1) is 0 Å².